The topological polar surface area (TPSA) is 78.9 Å². The molecule has 2 rings (SSSR count). The van der Waals surface area contributed by atoms with E-state index in [1.807, 2.05) is 0 Å². The summed E-state index contributed by atoms with van der Waals surface area (Å²) >= 11 is 0. The van der Waals surface area contributed by atoms with Gasteiger partial charge in [-0.3, -0.25) is 4.79 Å². The average molecular weight is 264 g/mol. The smallest absolute Gasteiger partial charge is 0.323 e. The van der Waals surface area contributed by atoms with Crippen LogP contribution >= 0.6 is 0 Å². The van der Waals surface area contributed by atoms with E-state index in [9.17, 15) is 9.59 Å². The van der Waals surface area contributed by atoms with Crippen LogP contribution in [0.25, 0.3) is 0 Å². The maximum atomic E-state index is 12.0. The molecule has 0 bridgehead atoms. The molecule has 6 heteroatoms. The largest absolute Gasteiger partial charge is 0.497 e. The molecule has 2 amide bonds. The molecule has 6 nitrogen and oxygen atoms in total. The minimum absolute atomic E-state index is 0.0432. The van der Waals surface area contributed by atoms with E-state index in [4.69, 9.17) is 9.84 Å². The molecule has 0 saturated heterocycles. The number of carboxylic acid groups (broad SMARTS) is 1. The highest BCUT2D eigenvalue weighted by atomic mass is 16.5. The third-order valence-corrected chi connectivity index (χ3v) is 2.88. The molecule has 1 aliphatic carbocycles. The number of nitrogens with zero attached hydrogens (tertiary/aromatic N) is 1. The van der Waals surface area contributed by atoms with Gasteiger partial charge in [0.2, 0.25) is 0 Å². The summed E-state index contributed by atoms with van der Waals surface area (Å²) in [5.74, 6) is -0.373. The number of aliphatic carboxylic acids is 1. The second-order valence-electron chi connectivity index (χ2n) is 4.41. The summed E-state index contributed by atoms with van der Waals surface area (Å²) in [7, 11) is 1.54. The molecule has 0 atom stereocenters. The lowest BCUT2D eigenvalue weighted by Crippen LogP contribution is -2.40. The van der Waals surface area contributed by atoms with Crippen molar-refractivity contribution in [3.63, 3.8) is 0 Å². The Morgan fingerprint density at radius 1 is 1.47 bits per heavy atom. The van der Waals surface area contributed by atoms with Gasteiger partial charge >= 0.3 is 12.0 Å². The summed E-state index contributed by atoms with van der Waals surface area (Å²) in [6.07, 6.45) is 1.72. The van der Waals surface area contributed by atoms with Crippen LogP contribution in [0.3, 0.4) is 0 Å². The maximum absolute atomic E-state index is 12.0. The average Bonchev–Trinajstić information content (AvgIpc) is 3.20. The van der Waals surface area contributed by atoms with Crippen molar-refractivity contribution in [3.8, 4) is 5.75 Å². The summed E-state index contributed by atoms with van der Waals surface area (Å²) in [5, 5.41) is 11.5. The molecule has 1 fully saturated rings. The van der Waals surface area contributed by atoms with Crippen LogP contribution in [-0.2, 0) is 4.79 Å². The van der Waals surface area contributed by atoms with Crippen molar-refractivity contribution < 1.29 is 19.4 Å². The highest BCUT2D eigenvalue weighted by molar-refractivity contribution is 5.91. The Hall–Kier alpha value is -2.24. The number of methoxy groups -OCH3 is 1. The molecule has 0 unspecified atom stereocenters. The molecule has 1 aromatic carbocycles. The number of hydrogen-bond donors (Lipinski definition) is 2. The van der Waals surface area contributed by atoms with Crippen molar-refractivity contribution in [1.82, 2.24) is 4.90 Å². The van der Waals surface area contributed by atoms with Gasteiger partial charge in [-0.25, -0.2) is 4.79 Å². The standard InChI is InChI=1S/C13H16N2O4/c1-19-11-4-2-3-9(7-11)14-13(18)15(8-12(16)17)10-5-6-10/h2-4,7,10H,5-6,8H2,1H3,(H,14,18)(H,16,17). The lowest BCUT2D eigenvalue weighted by atomic mass is 10.3. The molecule has 19 heavy (non-hydrogen) atoms. The molecule has 1 saturated carbocycles. The minimum Gasteiger partial charge on any atom is -0.497 e. The van der Waals surface area contributed by atoms with Crippen LogP contribution in [-0.4, -0.2) is 41.7 Å². The van der Waals surface area contributed by atoms with Gasteiger partial charge in [0.15, 0.2) is 0 Å². The highest BCUT2D eigenvalue weighted by Crippen LogP contribution is 2.27. The van der Waals surface area contributed by atoms with Gasteiger partial charge in [0.1, 0.15) is 12.3 Å². The molecule has 1 aliphatic rings. The van der Waals surface area contributed by atoms with E-state index in [1.165, 1.54) is 4.90 Å². The molecule has 0 heterocycles. The molecular formula is C13H16N2O4. The number of carboxylic acids is 1. The van der Waals surface area contributed by atoms with E-state index in [0.717, 1.165) is 12.8 Å². The monoisotopic (exact) mass is 264 g/mol. The van der Waals surface area contributed by atoms with Crippen molar-refractivity contribution in [2.45, 2.75) is 18.9 Å². The van der Waals surface area contributed by atoms with Gasteiger partial charge < -0.3 is 20.1 Å². The normalized spacial score (nSPS) is 13.7. The maximum Gasteiger partial charge on any atom is 0.323 e. The molecule has 2 N–H and O–H groups in total. The van der Waals surface area contributed by atoms with E-state index < -0.39 is 12.0 Å². The zero-order valence-corrected chi connectivity index (χ0v) is 10.6. The Labute approximate surface area is 111 Å². The quantitative estimate of drug-likeness (QED) is 0.849. The summed E-state index contributed by atoms with van der Waals surface area (Å²) in [5.41, 5.74) is 0.584. The number of amides is 2. The summed E-state index contributed by atoms with van der Waals surface area (Å²) in [6, 6.07) is 6.59. The molecule has 0 radical (unpaired) electrons. The first kappa shape index (κ1) is 13.2. The van der Waals surface area contributed by atoms with Gasteiger partial charge in [0.25, 0.3) is 0 Å². The van der Waals surface area contributed by atoms with E-state index in [2.05, 4.69) is 5.32 Å². The third kappa shape index (κ3) is 3.61. The zero-order valence-electron chi connectivity index (χ0n) is 10.6. The second-order valence-corrected chi connectivity index (χ2v) is 4.41. The van der Waals surface area contributed by atoms with Crippen molar-refractivity contribution in [2.75, 3.05) is 19.0 Å². The van der Waals surface area contributed by atoms with Crippen LogP contribution in [0.1, 0.15) is 12.8 Å². The number of anilines is 1. The SMILES string of the molecule is COc1cccc(NC(=O)N(CC(=O)O)C2CC2)c1. The number of hydrogen-bond acceptors (Lipinski definition) is 3. The summed E-state index contributed by atoms with van der Waals surface area (Å²) in [4.78, 5) is 24.1. The number of carbonyl (C=O) groups is 2. The number of nitrogens with one attached hydrogen (secondary N) is 1. The first-order chi connectivity index (χ1) is 9.10. The van der Waals surface area contributed by atoms with Gasteiger partial charge in [0, 0.05) is 17.8 Å². The van der Waals surface area contributed by atoms with Crippen molar-refractivity contribution >= 4 is 17.7 Å². The zero-order chi connectivity index (χ0) is 13.8. The number of urea groups is 1. The minimum atomic E-state index is -1.01. The molecule has 102 valence electrons. The predicted molar refractivity (Wildman–Crippen MR) is 69.4 cm³/mol. The third-order valence-electron chi connectivity index (χ3n) is 2.88. The van der Waals surface area contributed by atoms with Crippen molar-refractivity contribution in [1.29, 1.82) is 0 Å². The fourth-order valence-corrected chi connectivity index (χ4v) is 1.79. The summed E-state index contributed by atoms with van der Waals surface area (Å²) < 4.78 is 5.06. The van der Waals surface area contributed by atoms with Gasteiger partial charge in [-0.05, 0) is 25.0 Å². The number of benzene rings is 1. The van der Waals surface area contributed by atoms with E-state index in [0.29, 0.717) is 11.4 Å². The van der Waals surface area contributed by atoms with E-state index in [-0.39, 0.29) is 12.6 Å². The molecular weight excluding hydrogens is 248 g/mol. The number of carbonyl (C=O) groups excluding carboxylic acids is 1. The van der Waals surface area contributed by atoms with Crippen molar-refractivity contribution in [2.24, 2.45) is 0 Å². The van der Waals surface area contributed by atoms with Crippen LogP contribution < -0.4 is 10.1 Å². The lowest BCUT2D eigenvalue weighted by Gasteiger charge is -2.20. The van der Waals surface area contributed by atoms with Crippen LogP contribution in [0.15, 0.2) is 24.3 Å². The predicted octanol–water partition coefficient (Wildman–Crippen LogP) is 1.78. The highest BCUT2D eigenvalue weighted by Gasteiger charge is 2.33. The van der Waals surface area contributed by atoms with Gasteiger partial charge in [0.05, 0.1) is 7.11 Å². The van der Waals surface area contributed by atoms with Crippen LogP contribution in [0.2, 0.25) is 0 Å². The Kier molecular flexibility index (Phi) is 3.89. The molecule has 0 aromatic heterocycles. The van der Waals surface area contributed by atoms with E-state index in [1.54, 1.807) is 31.4 Å². The van der Waals surface area contributed by atoms with Crippen LogP contribution in [0.5, 0.6) is 5.75 Å². The Morgan fingerprint density at radius 2 is 2.21 bits per heavy atom. The van der Waals surface area contributed by atoms with Crippen LogP contribution in [0.4, 0.5) is 10.5 Å². The fraction of sp³-hybridized carbons (Fsp3) is 0.385. The molecule has 0 spiro atoms. The van der Waals surface area contributed by atoms with E-state index >= 15 is 0 Å². The Morgan fingerprint density at radius 3 is 2.79 bits per heavy atom. The Bertz CT molecular complexity index is 485. The summed E-state index contributed by atoms with van der Waals surface area (Å²) in [6.45, 7) is -0.277. The van der Waals surface area contributed by atoms with Crippen LogP contribution in [0, 0.1) is 0 Å². The first-order valence-corrected chi connectivity index (χ1v) is 6.03. The lowest BCUT2D eigenvalue weighted by molar-refractivity contribution is -0.137. The molecule has 0 aliphatic heterocycles. The van der Waals surface area contributed by atoms with Gasteiger partial charge in [-0.2, -0.15) is 0 Å². The van der Waals surface area contributed by atoms with Crippen molar-refractivity contribution in [3.05, 3.63) is 24.3 Å². The van der Waals surface area contributed by atoms with Gasteiger partial charge in [-0.1, -0.05) is 6.07 Å². The molecule has 1 aromatic rings. The number of ether oxygens (including phenoxy) is 1. The second kappa shape index (κ2) is 5.60. The Balaban J connectivity index is 2.03. The fourth-order valence-electron chi connectivity index (χ4n) is 1.79. The first-order valence-electron chi connectivity index (χ1n) is 6.03. The van der Waals surface area contributed by atoms with Gasteiger partial charge in [-0.15, -0.1) is 0 Å². The number of rotatable bonds is 5.